The van der Waals surface area contributed by atoms with E-state index in [-0.39, 0.29) is 11.9 Å². The number of aliphatic hydroxyl groups excluding tert-OH is 1. The molecule has 1 fully saturated rings. The standard InChI is InChI=1S/C16H18FN5O2S/c1-24-14-4-9(17)2-3-12(14)13-6-19-15-22(13)20-16(25-15)21-7-10(18)5-11(23)8-21/h2-4,6,10-11,23H,5,7-8,18H2,1H3/t10-,11-/m0/s1. The Morgan fingerprint density at radius 3 is 3.00 bits per heavy atom. The fraction of sp³-hybridized carbons (Fsp3) is 0.375. The molecule has 1 aliphatic rings. The van der Waals surface area contributed by atoms with Crippen LogP contribution in [0.2, 0.25) is 0 Å². The second-order valence-corrected chi connectivity index (χ2v) is 7.06. The Hall–Kier alpha value is -2.23. The summed E-state index contributed by atoms with van der Waals surface area (Å²) in [6.45, 7) is 1.14. The molecule has 2 atom stereocenters. The third-order valence-corrected chi connectivity index (χ3v) is 5.23. The number of rotatable bonds is 3. The fourth-order valence-corrected chi connectivity index (χ4v) is 4.03. The number of anilines is 1. The summed E-state index contributed by atoms with van der Waals surface area (Å²) in [5.74, 6) is 0.0587. The van der Waals surface area contributed by atoms with E-state index in [0.717, 1.165) is 10.8 Å². The van der Waals surface area contributed by atoms with E-state index in [1.165, 1.54) is 30.6 Å². The minimum absolute atomic E-state index is 0.0864. The van der Waals surface area contributed by atoms with E-state index >= 15 is 0 Å². The van der Waals surface area contributed by atoms with Crippen LogP contribution in [0.15, 0.2) is 24.4 Å². The summed E-state index contributed by atoms with van der Waals surface area (Å²) in [6.07, 6.45) is 1.82. The van der Waals surface area contributed by atoms with Gasteiger partial charge in [-0.15, -0.1) is 5.10 Å². The lowest BCUT2D eigenvalue weighted by molar-refractivity contribution is 0.145. The molecule has 2 aromatic heterocycles. The summed E-state index contributed by atoms with van der Waals surface area (Å²) in [7, 11) is 1.50. The van der Waals surface area contributed by atoms with Crippen LogP contribution in [0.1, 0.15) is 6.42 Å². The lowest BCUT2D eigenvalue weighted by atomic mass is 10.1. The van der Waals surface area contributed by atoms with Crippen molar-refractivity contribution in [3.63, 3.8) is 0 Å². The Morgan fingerprint density at radius 2 is 2.24 bits per heavy atom. The molecule has 0 bridgehead atoms. The van der Waals surface area contributed by atoms with Gasteiger partial charge in [0.15, 0.2) is 0 Å². The van der Waals surface area contributed by atoms with Crippen LogP contribution in [0.5, 0.6) is 5.75 Å². The number of fused-ring (bicyclic) bond motifs is 1. The van der Waals surface area contributed by atoms with Gasteiger partial charge in [-0.05, 0) is 18.6 Å². The van der Waals surface area contributed by atoms with Crippen molar-refractivity contribution in [2.75, 3.05) is 25.1 Å². The van der Waals surface area contributed by atoms with Crippen molar-refractivity contribution in [1.29, 1.82) is 0 Å². The van der Waals surface area contributed by atoms with Gasteiger partial charge in [0.25, 0.3) is 0 Å². The zero-order chi connectivity index (χ0) is 17.6. The summed E-state index contributed by atoms with van der Waals surface area (Å²) >= 11 is 1.43. The van der Waals surface area contributed by atoms with Crippen LogP contribution in [-0.4, -0.2) is 52.0 Å². The maximum absolute atomic E-state index is 13.5. The van der Waals surface area contributed by atoms with Gasteiger partial charge >= 0.3 is 0 Å². The van der Waals surface area contributed by atoms with Crippen LogP contribution in [0, 0.1) is 5.82 Å². The number of benzene rings is 1. The molecule has 0 aliphatic carbocycles. The lowest BCUT2D eigenvalue weighted by Gasteiger charge is -2.33. The van der Waals surface area contributed by atoms with Crippen LogP contribution in [-0.2, 0) is 0 Å². The third kappa shape index (κ3) is 2.94. The minimum atomic E-state index is -0.461. The first-order valence-electron chi connectivity index (χ1n) is 7.92. The molecule has 0 spiro atoms. The van der Waals surface area contributed by atoms with E-state index in [9.17, 15) is 9.50 Å². The van der Waals surface area contributed by atoms with Gasteiger partial charge in [0.05, 0.1) is 25.1 Å². The quantitative estimate of drug-likeness (QED) is 0.733. The van der Waals surface area contributed by atoms with Crippen molar-refractivity contribution in [3.8, 4) is 17.0 Å². The average Bonchev–Trinajstić information content (AvgIpc) is 3.14. The molecule has 0 unspecified atom stereocenters. The number of halogens is 1. The number of hydrogen-bond acceptors (Lipinski definition) is 7. The highest BCUT2D eigenvalue weighted by molar-refractivity contribution is 7.20. The molecule has 9 heteroatoms. The number of piperidine rings is 1. The number of β-amino-alcohol motifs (C(OH)–C–C–N with tert-alkyl or cyclic N) is 1. The van der Waals surface area contributed by atoms with Gasteiger partial charge in [-0.1, -0.05) is 11.3 Å². The molecule has 25 heavy (non-hydrogen) atoms. The van der Waals surface area contributed by atoms with E-state index in [0.29, 0.717) is 35.8 Å². The molecule has 132 valence electrons. The summed E-state index contributed by atoms with van der Waals surface area (Å²) in [5.41, 5.74) is 7.43. The van der Waals surface area contributed by atoms with Crippen molar-refractivity contribution in [3.05, 3.63) is 30.2 Å². The molecule has 1 aliphatic heterocycles. The van der Waals surface area contributed by atoms with Gasteiger partial charge in [0.2, 0.25) is 10.1 Å². The zero-order valence-corrected chi connectivity index (χ0v) is 14.4. The topological polar surface area (TPSA) is 88.9 Å². The van der Waals surface area contributed by atoms with Gasteiger partial charge in [0.1, 0.15) is 11.6 Å². The van der Waals surface area contributed by atoms with Gasteiger partial charge in [-0.2, -0.15) is 0 Å². The Kier molecular flexibility index (Phi) is 4.06. The van der Waals surface area contributed by atoms with Crippen molar-refractivity contribution < 1.29 is 14.2 Å². The first kappa shape index (κ1) is 16.2. The van der Waals surface area contributed by atoms with Crippen molar-refractivity contribution in [1.82, 2.24) is 14.6 Å². The molecular formula is C16H18FN5O2S. The van der Waals surface area contributed by atoms with Crippen LogP contribution < -0.4 is 15.4 Å². The van der Waals surface area contributed by atoms with Crippen LogP contribution >= 0.6 is 11.3 Å². The Morgan fingerprint density at radius 1 is 1.40 bits per heavy atom. The number of ether oxygens (including phenoxy) is 1. The fourth-order valence-electron chi connectivity index (χ4n) is 3.14. The molecule has 1 aromatic carbocycles. The maximum atomic E-state index is 13.5. The van der Waals surface area contributed by atoms with Gasteiger partial charge in [0, 0.05) is 30.8 Å². The number of methoxy groups -OCH3 is 1. The predicted molar refractivity (Wildman–Crippen MR) is 93.6 cm³/mol. The second kappa shape index (κ2) is 6.25. The summed E-state index contributed by atoms with van der Waals surface area (Å²) in [4.78, 5) is 7.08. The molecule has 3 N–H and O–H groups in total. The van der Waals surface area contributed by atoms with Gasteiger partial charge in [-0.25, -0.2) is 13.9 Å². The smallest absolute Gasteiger partial charge is 0.214 e. The predicted octanol–water partition coefficient (Wildman–Crippen LogP) is 1.50. The Bertz CT molecular complexity index is 901. The highest BCUT2D eigenvalue weighted by atomic mass is 32.1. The second-order valence-electron chi connectivity index (χ2n) is 6.12. The van der Waals surface area contributed by atoms with E-state index in [4.69, 9.17) is 10.5 Å². The zero-order valence-electron chi connectivity index (χ0n) is 13.6. The van der Waals surface area contributed by atoms with E-state index in [2.05, 4.69) is 10.1 Å². The number of aliphatic hydroxyl groups is 1. The first-order valence-corrected chi connectivity index (χ1v) is 8.74. The molecule has 0 saturated carbocycles. The number of imidazole rings is 1. The largest absolute Gasteiger partial charge is 0.496 e. The highest BCUT2D eigenvalue weighted by Crippen LogP contribution is 2.34. The number of aromatic nitrogens is 3. The Labute approximate surface area is 147 Å². The van der Waals surface area contributed by atoms with Crippen LogP contribution in [0.3, 0.4) is 0 Å². The maximum Gasteiger partial charge on any atom is 0.214 e. The lowest BCUT2D eigenvalue weighted by Crippen LogP contribution is -2.49. The number of hydrogen-bond donors (Lipinski definition) is 2. The summed E-state index contributed by atoms with van der Waals surface area (Å²) in [5, 5.41) is 15.3. The van der Waals surface area contributed by atoms with Crippen molar-refractivity contribution in [2.24, 2.45) is 5.73 Å². The third-order valence-electron chi connectivity index (χ3n) is 4.25. The van der Waals surface area contributed by atoms with Crippen molar-refractivity contribution in [2.45, 2.75) is 18.6 Å². The molecule has 3 heterocycles. The van der Waals surface area contributed by atoms with E-state index < -0.39 is 6.10 Å². The molecule has 0 radical (unpaired) electrons. The molecule has 3 aromatic rings. The molecule has 7 nitrogen and oxygen atoms in total. The van der Waals surface area contributed by atoms with Crippen molar-refractivity contribution >= 4 is 21.4 Å². The summed E-state index contributed by atoms with van der Waals surface area (Å²) < 4.78 is 20.4. The molecule has 0 amide bonds. The van der Waals surface area contributed by atoms with Gasteiger partial charge in [-0.3, -0.25) is 0 Å². The minimum Gasteiger partial charge on any atom is -0.496 e. The number of nitrogens with two attached hydrogens (primary N) is 1. The normalized spacial score (nSPS) is 21.0. The summed E-state index contributed by atoms with van der Waals surface area (Å²) in [6, 6.07) is 4.28. The molecular weight excluding hydrogens is 345 g/mol. The van der Waals surface area contributed by atoms with E-state index in [1.54, 1.807) is 16.8 Å². The SMILES string of the molecule is COc1cc(F)ccc1-c1cnc2sc(N3C[C@@H](N)C[C@H](O)C3)nn12. The monoisotopic (exact) mass is 363 g/mol. The van der Waals surface area contributed by atoms with Gasteiger partial charge < -0.3 is 20.5 Å². The number of nitrogens with zero attached hydrogens (tertiary/aromatic N) is 4. The highest BCUT2D eigenvalue weighted by Gasteiger charge is 2.26. The molecule has 4 rings (SSSR count). The Balaban J connectivity index is 1.74. The first-order chi connectivity index (χ1) is 12.0. The molecule has 1 saturated heterocycles. The average molecular weight is 363 g/mol. The van der Waals surface area contributed by atoms with Crippen LogP contribution in [0.4, 0.5) is 9.52 Å². The van der Waals surface area contributed by atoms with E-state index in [1.807, 2.05) is 4.90 Å². The van der Waals surface area contributed by atoms with Crippen LogP contribution in [0.25, 0.3) is 16.2 Å².